The standard InChI is InChI=1S/6C16H15BN2O3/c1-9-5-13-12(8-21-17(13)20)7-14(9)22-15-6-10(2)16(18-4)11(3)19-15;1-9-5-13-12(8-21-17(13)20)7-15(9)22-16-10(2)6-14(18-4)11(3)19-16;1-9-5-13(7-12-8-21-17(20)15(9)12)22-14-6-10(2)16(18-4)11(3)19-14;1-9-5-13(7-12-8-21-17(20)15(9)12)22-16-10(2)6-14(18-4)11(3)19-16;1-9-7-14(18-4)11(3)19-16(9)22-15-6-5-13-12(10(15)2)8-21-17(13)20;1-9-7-15(19-11(3)16(9)18-4)22-14-6-5-13-12(10(14)2)8-21-17(13)20/h6*5-7,20H,8H2,1-3H3. The van der Waals surface area contributed by atoms with Crippen LogP contribution in [0.3, 0.4) is 0 Å². The van der Waals surface area contributed by atoms with Crippen molar-refractivity contribution in [3.8, 4) is 69.8 Å². The molecular formula is C96H90B6N12O18. The summed E-state index contributed by atoms with van der Waals surface area (Å²) in [6.07, 6.45) is 0. The summed E-state index contributed by atoms with van der Waals surface area (Å²) in [6, 6.07) is 32.8. The van der Waals surface area contributed by atoms with Crippen molar-refractivity contribution in [2.75, 3.05) is 0 Å². The number of nitrogens with zero attached hydrogens (tertiary/aromatic N) is 12. The largest absolute Gasteiger partial charge is 0.492 e. The van der Waals surface area contributed by atoms with E-state index in [1.54, 1.807) is 84.0 Å². The minimum Gasteiger partial charge on any atom is -0.439 e. The van der Waals surface area contributed by atoms with Gasteiger partial charge in [-0.15, -0.1) is 0 Å². The third-order valence-electron chi connectivity index (χ3n) is 22.8. The molecule has 0 amide bonds. The van der Waals surface area contributed by atoms with E-state index in [1.807, 2.05) is 150 Å². The first-order chi connectivity index (χ1) is 63.0. The molecule has 6 N–H and O–H groups in total. The molecule has 36 heteroatoms. The number of aryl methyl sites for hydroxylation is 16. The minimum absolute atomic E-state index is 0.370. The summed E-state index contributed by atoms with van der Waals surface area (Å²) in [6.45, 7) is 78.5. The number of ether oxygens (including phenoxy) is 6. The number of fused-ring (bicyclic) bond motifs is 6. The summed E-state index contributed by atoms with van der Waals surface area (Å²) in [7, 11) is -5.15. The van der Waals surface area contributed by atoms with Gasteiger partial charge in [0.15, 0.2) is 0 Å². The lowest BCUT2D eigenvalue weighted by Gasteiger charge is -2.13. The van der Waals surface area contributed by atoms with Crippen LogP contribution in [0.25, 0.3) is 29.1 Å². The van der Waals surface area contributed by atoms with E-state index in [0.717, 1.165) is 133 Å². The van der Waals surface area contributed by atoms with Gasteiger partial charge in [0.25, 0.3) is 0 Å². The maximum atomic E-state index is 9.78. The molecule has 6 aliphatic rings. The Balaban J connectivity index is 0.000000135. The molecule has 0 unspecified atom stereocenters. The van der Waals surface area contributed by atoms with Gasteiger partial charge >= 0.3 is 42.7 Å². The van der Waals surface area contributed by atoms with E-state index in [2.05, 4.69) is 59.0 Å². The highest BCUT2D eigenvalue weighted by Crippen LogP contribution is 2.39. The quantitative estimate of drug-likeness (QED) is 0.0489. The zero-order valence-corrected chi connectivity index (χ0v) is 76.0. The van der Waals surface area contributed by atoms with Gasteiger partial charge in [-0.3, -0.25) is 0 Å². The molecule has 0 saturated heterocycles. The van der Waals surface area contributed by atoms with Crippen LogP contribution in [0.1, 0.15) is 134 Å². The number of benzene rings is 6. The molecule has 0 saturated carbocycles. The molecule has 0 atom stereocenters. The fourth-order valence-corrected chi connectivity index (χ4v) is 15.6. The van der Waals surface area contributed by atoms with Crippen molar-refractivity contribution in [1.82, 2.24) is 29.9 Å². The maximum Gasteiger partial charge on any atom is 0.492 e. The van der Waals surface area contributed by atoms with Crippen LogP contribution in [0.4, 0.5) is 34.1 Å². The van der Waals surface area contributed by atoms with Crippen molar-refractivity contribution >= 4 is 110 Å². The molecule has 6 aliphatic heterocycles. The maximum absolute atomic E-state index is 9.78. The highest BCUT2D eigenvalue weighted by atomic mass is 16.6. The topological polar surface area (TPSA) is 336 Å². The first kappa shape index (κ1) is 95.5. The van der Waals surface area contributed by atoms with Crippen LogP contribution >= 0.6 is 0 Å². The van der Waals surface area contributed by atoms with Gasteiger partial charge in [0.2, 0.25) is 69.4 Å². The zero-order valence-electron chi connectivity index (χ0n) is 76.0. The Morgan fingerprint density at radius 1 is 0.265 bits per heavy atom. The van der Waals surface area contributed by atoms with Crippen LogP contribution in [0.5, 0.6) is 69.8 Å². The van der Waals surface area contributed by atoms with E-state index >= 15 is 0 Å². The first-order valence-electron chi connectivity index (χ1n) is 41.8. The van der Waals surface area contributed by atoms with E-state index in [0.29, 0.717) is 178 Å². The Labute approximate surface area is 767 Å². The Bertz CT molecular complexity index is 6670. The highest BCUT2D eigenvalue weighted by Gasteiger charge is 2.36. The van der Waals surface area contributed by atoms with Crippen LogP contribution in [0, 0.1) is 164 Å². The summed E-state index contributed by atoms with van der Waals surface area (Å²) in [5.74, 6) is 6.88. The van der Waals surface area contributed by atoms with Crippen molar-refractivity contribution in [1.29, 1.82) is 0 Å². The van der Waals surface area contributed by atoms with Crippen LogP contribution < -0.4 is 61.2 Å². The van der Waals surface area contributed by atoms with Gasteiger partial charge in [0.1, 0.15) is 34.5 Å². The normalized spacial score (nSPS) is 13.0. The Kier molecular flexibility index (Phi) is 29.6. The third kappa shape index (κ3) is 21.0. The molecule has 0 aliphatic carbocycles. The minimum atomic E-state index is -0.859. The number of aromatic nitrogens is 6. The van der Waals surface area contributed by atoms with E-state index in [-0.39, 0.29) is 0 Å². The molecule has 6 aromatic heterocycles. The monoisotopic (exact) mass is 1760 g/mol. The third-order valence-corrected chi connectivity index (χ3v) is 22.8. The van der Waals surface area contributed by atoms with Crippen LogP contribution in [0.15, 0.2) is 109 Å². The Morgan fingerprint density at radius 3 is 0.947 bits per heavy atom. The lowest BCUT2D eigenvalue weighted by atomic mass is 9.76. The predicted octanol–water partition coefficient (Wildman–Crippen LogP) is 15.4. The fraction of sp³-hybridized carbons (Fsp3) is 0.250. The van der Waals surface area contributed by atoms with Gasteiger partial charge in [-0.2, -0.15) is 0 Å². The zero-order chi connectivity index (χ0) is 95.1. The molecule has 12 heterocycles. The van der Waals surface area contributed by atoms with E-state index in [9.17, 15) is 30.1 Å². The van der Waals surface area contributed by atoms with Gasteiger partial charge < -0.3 is 86.5 Å². The molecule has 660 valence electrons. The lowest BCUT2D eigenvalue weighted by Crippen LogP contribution is -2.30. The van der Waals surface area contributed by atoms with Crippen molar-refractivity contribution in [3.63, 3.8) is 0 Å². The van der Waals surface area contributed by atoms with Gasteiger partial charge in [0.05, 0.1) is 79.1 Å². The van der Waals surface area contributed by atoms with Crippen molar-refractivity contribution in [2.24, 2.45) is 0 Å². The summed E-state index contributed by atoms with van der Waals surface area (Å²) >= 11 is 0. The average molecular weight is 1760 g/mol. The fourth-order valence-electron chi connectivity index (χ4n) is 15.6. The van der Waals surface area contributed by atoms with Crippen LogP contribution in [0.2, 0.25) is 0 Å². The molecule has 12 aromatic rings. The van der Waals surface area contributed by atoms with Gasteiger partial charge in [0, 0.05) is 50.9 Å². The van der Waals surface area contributed by atoms with Crippen molar-refractivity contribution in [2.45, 2.75) is 164 Å². The number of rotatable bonds is 12. The second-order valence-corrected chi connectivity index (χ2v) is 32.3. The molecule has 0 spiro atoms. The number of hydrogen-bond donors (Lipinski definition) is 6. The van der Waals surface area contributed by atoms with E-state index in [4.69, 9.17) is 95.8 Å². The SMILES string of the molecule is [C-]#[N+]c1c(C)cc(Oc2cc(C)c3c(c2)COB3O)nc1C.[C-]#[N+]c1c(C)cc(Oc2cc3c(cc2C)B(O)OC3)nc1C.[C-]#[N+]c1c(C)cc(Oc2ccc3c(c2C)COB3O)nc1C.[C-]#[N+]c1cc(C)c(Oc2cc(C)c3c(c2)COB3O)nc1C.[C-]#[N+]c1cc(C)c(Oc2cc3c(cc2C)B(O)OC3)nc1C.[C-]#[N+]c1cc(C)c(Oc2ccc3c(c2C)COB3O)nc1C. The molecule has 18 rings (SSSR count). The van der Waals surface area contributed by atoms with Crippen LogP contribution in [-0.2, 0) is 67.6 Å². The predicted molar refractivity (Wildman–Crippen MR) is 502 cm³/mol. The lowest BCUT2D eigenvalue weighted by molar-refractivity contribution is 0.274. The van der Waals surface area contributed by atoms with Crippen molar-refractivity contribution < 1.29 is 86.5 Å². The highest BCUT2D eigenvalue weighted by molar-refractivity contribution is 6.64. The Hall–Kier alpha value is -14.1. The molecule has 132 heavy (non-hydrogen) atoms. The van der Waals surface area contributed by atoms with Crippen LogP contribution in [-0.4, -0.2) is 103 Å². The summed E-state index contributed by atoms with van der Waals surface area (Å²) in [4.78, 5) is 46.8. The average Bonchev–Trinajstić information content (AvgIpc) is 1.64. The van der Waals surface area contributed by atoms with Gasteiger partial charge in [-0.1, -0.05) is 24.3 Å². The molecule has 30 nitrogen and oxygen atoms in total. The summed E-state index contributed by atoms with van der Waals surface area (Å²) in [5.41, 5.74) is 28.0. The first-order valence-corrected chi connectivity index (χ1v) is 41.8. The number of pyridine rings is 6. The van der Waals surface area contributed by atoms with E-state index < -0.39 is 42.7 Å². The Morgan fingerprint density at radius 2 is 0.576 bits per heavy atom. The van der Waals surface area contributed by atoms with E-state index in [1.165, 1.54) is 0 Å². The molecule has 6 aromatic carbocycles. The summed E-state index contributed by atoms with van der Waals surface area (Å²) in [5, 5.41) is 58.4. The van der Waals surface area contributed by atoms with Gasteiger partial charge in [-0.05, 0) is 326 Å². The van der Waals surface area contributed by atoms with Gasteiger partial charge in [-0.25, -0.2) is 59.0 Å². The molecule has 0 bridgehead atoms. The molecule has 0 fully saturated rings. The summed E-state index contributed by atoms with van der Waals surface area (Å²) < 4.78 is 66.7. The van der Waals surface area contributed by atoms with Crippen molar-refractivity contribution in [3.05, 3.63) is 312 Å². The molecule has 0 radical (unpaired) electrons. The second-order valence-electron chi connectivity index (χ2n) is 32.3. The smallest absolute Gasteiger partial charge is 0.439 e. The second kappa shape index (κ2) is 40.9. The molecular weight excluding hydrogens is 1670 g/mol. The number of hydrogen-bond acceptors (Lipinski definition) is 24.